The number of amides is 1. The lowest BCUT2D eigenvalue weighted by Gasteiger charge is -2.33. The molecule has 4 heteroatoms. The molecule has 4 unspecified atom stereocenters. The zero-order valence-electron chi connectivity index (χ0n) is 11.9. The molecular weight excluding hydrogens is 226 g/mol. The first-order valence-electron chi connectivity index (χ1n) is 7.23. The van der Waals surface area contributed by atoms with Crippen LogP contribution in [-0.2, 0) is 4.79 Å². The van der Waals surface area contributed by atoms with Crippen molar-refractivity contribution in [3.63, 3.8) is 0 Å². The summed E-state index contributed by atoms with van der Waals surface area (Å²) in [6.07, 6.45) is 5.62. The summed E-state index contributed by atoms with van der Waals surface area (Å²) < 4.78 is 0. The van der Waals surface area contributed by atoms with Crippen molar-refractivity contribution in [2.24, 2.45) is 29.5 Å². The number of carbonyl (C=O) groups excluding carboxylic acids is 1. The van der Waals surface area contributed by atoms with Crippen LogP contribution in [0.25, 0.3) is 0 Å². The fourth-order valence-electron chi connectivity index (χ4n) is 4.18. The van der Waals surface area contributed by atoms with Crippen molar-refractivity contribution in [3.05, 3.63) is 0 Å². The summed E-state index contributed by atoms with van der Waals surface area (Å²) in [5.41, 5.74) is 2.31. The number of nitrogens with one attached hydrogen (secondary N) is 1. The lowest BCUT2D eigenvalue weighted by atomic mass is 9.87. The first-order chi connectivity index (χ1) is 8.52. The Hall–Kier alpha value is -0.610. The van der Waals surface area contributed by atoms with Crippen molar-refractivity contribution in [1.29, 1.82) is 0 Å². The van der Waals surface area contributed by atoms with E-state index < -0.39 is 0 Å². The lowest BCUT2D eigenvalue weighted by molar-refractivity contribution is -0.127. The van der Waals surface area contributed by atoms with Crippen molar-refractivity contribution < 1.29 is 4.79 Å². The number of carbonyl (C=O) groups is 1. The van der Waals surface area contributed by atoms with E-state index in [4.69, 9.17) is 5.84 Å². The molecule has 2 aliphatic carbocycles. The topological polar surface area (TPSA) is 58.4 Å². The monoisotopic (exact) mass is 253 g/mol. The first kappa shape index (κ1) is 13.8. The maximum atomic E-state index is 11.9. The van der Waals surface area contributed by atoms with Crippen LogP contribution in [0.3, 0.4) is 0 Å². The fourth-order valence-corrected chi connectivity index (χ4v) is 4.18. The van der Waals surface area contributed by atoms with Gasteiger partial charge in [-0.25, -0.2) is 5.84 Å². The smallest absolute Gasteiger partial charge is 0.251 e. The van der Waals surface area contributed by atoms with Crippen LogP contribution in [0.1, 0.15) is 39.5 Å². The molecule has 3 N–H and O–H groups in total. The summed E-state index contributed by atoms with van der Waals surface area (Å²) in [6, 6.07) is -0.103. The average molecular weight is 253 g/mol. The highest BCUT2D eigenvalue weighted by molar-refractivity contribution is 5.81. The highest BCUT2D eigenvalue weighted by Gasteiger charge is 2.40. The molecule has 104 valence electrons. The molecule has 0 aromatic heterocycles. The van der Waals surface area contributed by atoms with Gasteiger partial charge >= 0.3 is 0 Å². The van der Waals surface area contributed by atoms with Crippen LogP contribution in [0.4, 0.5) is 0 Å². The van der Waals surface area contributed by atoms with E-state index in [2.05, 4.69) is 31.2 Å². The Bertz CT molecular complexity index is 305. The van der Waals surface area contributed by atoms with Gasteiger partial charge in [0, 0.05) is 6.54 Å². The minimum atomic E-state index is -0.103. The molecule has 0 saturated heterocycles. The largest absolute Gasteiger partial charge is 0.295 e. The van der Waals surface area contributed by atoms with Crippen LogP contribution in [0.15, 0.2) is 0 Å². The second kappa shape index (κ2) is 5.57. The number of fused-ring (bicyclic) bond motifs is 2. The maximum absolute atomic E-state index is 11.9. The second-order valence-corrected chi connectivity index (χ2v) is 6.57. The van der Waals surface area contributed by atoms with E-state index in [1.165, 1.54) is 25.7 Å². The highest BCUT2D eigenvalue weighted by Crippen LogP contribution is 2.48. The summed E-state index contributed by atoms with van der Waals surface area (Å²) in [4.78, 5) is 14.1. The Labute approximate surface area is 110 Å². The van der Waals surface area contributed by atoms with E-state index >= 15 is 0 Å². The summed E-state index contributed by atoms with van der Waals surface area (Å²) in [7, 11) is 2.06. The molecule has 2 saturated carbocycles. The van der Waals surface area contributed by atoms with E-state index in [1.54, 1.807) is 0 Å². The van der Waals surface area contributed by atoms with Crippen LogP contribution >= 0.6 is 0 Å². The molecule has 1 amide bonds. The number of likely N-dealkylation sites (N-methyl/N-ethyl adjacent to an activating group) is 1. The number of hydrazine groups is 1. The molecule has 0 spiro atoms. The third kappa shape index (κ3) is 2.69. The average Bonchev–Trinajstić information content (AvgIpc) is 2.90. The third-order valence-corrected chi connectivity index (χ3v) is 4.92. The van der Waals surface area contributed by atoms with Gasteiger partial charge in [-0.1, -0.05) is 20.3 Å². The molecule has 0 aromatic rings. The predicted molar refractivity (Wildman–Crippen MR) is 72.5 cm³/mol. The van der Waals surface area contributed by atoms with Crippen molar-refractivity contribution >= 4 is 5.91 Å². The van der Waals surface area contributed by atoms with Crippen LogP contribution < -0.4 is 11.3 Å². The summed E-state index contributed by atoms with van der Waals surface area (Å²) in [6.45, 7) is 5.20. The molecule has 2 bridgehead atoms. The van der Waals surface area contributed by atoms with Gasteiger partial charge in [0.25, 0.3) is 5.91 Å². The molecule has 2 rings (SSSR count). The standard InChI is InChI=1S/C14H27N3O/c1-9(2)13(14(18)16-15)17(3)8-12-7-10-4-5-11(12)6-10/h9-13H,4-8,15H2,1-3H3,(H,16,18). The molecule has 2 fully saturated rings. The van der Waals surface area contributed by atoms with Crippen molar-refractivity contribution in [2.75, 3.05) is 13.6 Å². The van der Waals surface area contributed by atoms with Gasteiger partial charge in [-0.05, 0) is 50.0 Å². The number of hydrogen-bond acceptors (Lipinski definition) is 3. The third-order valence-electron chi connectivity index (χ3n) is 4.92. The van der Waals surface area contributed by atoms with Crippen LogP contribution in [0.2, 0.25) is 0 Å². The van der Waals surface area contributed by atoms with Gasteiger partial charge in [0.1, 0.15) is 0 Å². The molecule has 0 aliphatic heterocycles. The molecule has 0 radical (unpaired) electrons. The fraction of sp³-hybridized carbons (Fsp3) is 0.929. The molecule has 18 heavy (non-hydrogen) atoms. The Balaban J connectivity index is 1.93. The normalized spacial score (nSPS) is 32.2. The molecule has 0 aromatic carbocycles. The maximum Gasteiger partial charge on any atom is 0.251 e. The lowest BCUT2D eigenvalue weighted by Crippen LogP contribution is -2.51. The van der Waals surface area contributed by atoms with E-state index in [0.717, 1.165) is 24.3 Å². The molecule has 2 aliphatic rings. The van der Waals surface area contributed by atoms with Crippen LogP contribution in [-0.4, -0.2) is 30.4 Å². The Morgan fingerprint density at radius 1 is 1.39 bits per heavy atom. The summed E-state index contributed by atoms with van der Waals surface area (Å²) >= 11 is 0. The van der Waals surface area contributed by atoms with Gasteiger partial charge < -0.3 is 0 Å². The number of rotatable bonds is 5. The van der Waals surface area contributed by atoms with Gasteiger partial charge in [-0.3, -0.25) is 15.1 Å². The van der Waals surface area contributed by atoms with Gasteiger partial charge in [0.15, 0.2) is 0 Å². The number of nitrogens with zero attached hydrogens (tertiary/aromatic N) is 1. The highest BCUT2D eigenvalue weighted by atomic mass is 16.2. The van der Waals surface area contributed by atoms with E-state index in [-0.39, 0.29) is 17.9 Å². The quantitative estimate of drug-likeness (QED) is 0.442. The van der Waals surface area contributed by atoms with Crippen molar-refractivity contribution in [3.8, 4) is 0 Å². The Kier molecular flexibility index (Phi) is 4.28. The van der Waals surface area contributed by atoms with Gasteiger partial charge in [0.05, 0.1) is 6.04 Å². The Morgan fingerprint density at radius 3 is 2.56 bits per heavy atom. The SMILES string of the molecule is CC(C)C(C(=O)NN)N(C)CC1CC2CCC1C2. The molecule has 4 atom stereocenters. The second-order valence-electron chi connectivity index (χ2n) is 6.57. The Morgan fingerprint density at radius 2 is 2.11 bits per heavy atom. The van der Waals surface area contributed by atoms with E-state index in [0.29, 0.717) is 0 Å². The van der Waals surface area contributed by atoms with Crippen molar-refractivity contribution in [2.45, 2.75) is 45.6 Å². The minimum absolute atomic E-state index is 0.0596. The van der Waals surface area contributed by atoms with Crippen molar-refractivity contribution in [1.82, 2.24) is 10.3 Å². The predicted octanol–water partition coefficient (Wildman–Crippen LogP) is 1.37. The van der Waals surface area contributed by atoms with E-state index in [1.807, 2.05) is 0 Å². The van der Waals surface area contributed by atoms with Gasteiger partial charge in [-0.15, -0.1) is 0 Å². The molecular formula is C14H27N3O. The van der Waals surface area contributed by atoms with Crippen LogP contribution in [0.5, 0.6) is 0 Å². The summed E-state index contributed by atoms with van der Waals surface area (Å²) in [5.74, 6) is 8.19. The number of nitrogens with two attached hydrogens (primary N) is 1. The zero-order chi connectivity index (χ0) is 13.3. The van der Waals surface area contributed by atoms with Gasteiger partial charge in [0.2, 0.25) is 0 Å². The van der Waals surface area contributed by atoms with Crippen LogP contribution in [0, 0.1) is 23.7 Å². The van der Waals surface area contributed by atoms with E-state index in [9.17, 15) is 4.79 Å². The van der Waals surface area contributed by atoms with Gasteiger partial charge in [-0.2, -0.15) is 0 Å². The zero-order valence-corrected chi connectivity index (χ0v) is 11.9. The molecule has 4 nitrogen and oxygen atoms in total. The first-order valence-corrected chi connectivity index (χ1v) is 7.23. The number of hydrogen-bond donors (Lipinski definition) is 2. The summed E-state index contributed by atoms with van der Waals surface area (Å²) in [5, 5.41) is 0. The molecule has 0 heterocycles. The minimum Gasteiger partial charge on any atom is -0.295 e.